The Balaban J connectivity index is 2.26. The number of rotatable bonds is 4. The van der Waals surface area contributed by atoms with E-state index in [1.807, 2.05) is 0 Å². The van der Waals surface area contributed by atoms with Crippen molar-refractivity contribution in [1.29, 1.82) is 0 Å². The number of hydrogen-bond acceptors (Lipinski definition) is 3. The van der Waals surface area contributed by atoms with Crippen molar-refractivity contribution in [2.24, 2.45) is 5.92 Å². The van der Waals surface area contributed by atoms with Gasteiger partial charge in [0, 0.05) is 31.3 Å². The van der Waals surface area contributed by atoms with Gasteiger partial charge in [0.05, 0.1) is 12.5 Å². The maximum Gasteiger partial charge on any atom is 0.305 e. The van der Waals surface area contributed by atoms with Crippen LogP contribution in [-0.2, 0) is 9.59 Å². The minimum atomic E-state index is -0.953. The maximum absolute atomic E-state index is 12.0. The van der Waals surface area contributed by atoms with Gasteiger partial charge in [-0.3, -0.25) is 14.6 Å². The Morgan fingerprint density at radius 2 is 2.47 bits per heavy atom. The molecule has 1 N–H and O–H groups in total. The minimum Gasteiger partial charge on any atom is -0.481 e. The van der Waals surface area contributed by atoms with Crippen LogP contribution in [0.5, 0.6) is 0 Å². The van der Waals surface area contributed by atoms with Crippen molar-refractivity contribution < 1.29 is 14.7 Å². The highest BCUT2D eigenvalue weighted by Gasteiger charge is 2.35. The minimum absolute atomic E-state index is 0.0990. The fraction of sp³-hybridized carbons (Fsp3) is 0.357. The van der Waals surface area contributed by atoms with E-state index >= 15 is 0 Å². The third-order valence-corrected chi connectivity index (χ3v) is 3.21. The summed E-state index contributed by atoms with van der Waals surface area (Å²) in [5.74, 6) is 1.37. The molecule has 2 atom stereocenters. The van der Waals surface area contributed by atoms with Crippen LogP contribution in [0.15, 0.2) is 24.5 Å². The summed E-state index contributed by atoms with van der Waals surface area (Å²) in [5.41, 5.74) is 0.718. The second kappa shape index (κ2) is 5.53. The monoisotopic (exact) mass is 258 g/mol. The molecule has 0 saturated carbocycles. The number of likely N-dealkylation sites (tertiary alicyclic amines) is 1. The molecule has 1 aliphatic rings. The highest BCUT2D eigenvalue weighted by atomic mass is 16.4. The number of carbonyl (C=O) groups excluding carboxylic acids is 1. The van der Waals surface area contributed by atoms with Crippen molar-refractivity contribution in [3.05, 3.63) is 30.1 Å². The van der Waals surface area contributed by atoms with Gasteiger partial charge in [0.2, 0.25) is 5.91 Å². The van der Waals surface area contributed by atoms with Gasteiger partial charge in [0.1, 0.15) is 0 Å². The van der Waals surface area contributed by atoms with Gasteiger partial charge in [-0.05, 0) is 11.6 Å². The van der Waals surface area contributed by atoms with E-state index in [4.69, 9.17) is 11.5 Å². The topological polar surface area (TPSA) is 70.5 Å². The summed E-state index contributed by atoms with van der Waals surface area (Å²) in [6, 6.07) is 3.00. The Labute approximate surface area is 111 Å². The molecule has 1 fully saturated rings. The highest BCUT2D eigenvalue weighted by Crippen LogP contribution is 2.30. The van der Waals surface area contributed by atoms with Crippen molar-refractivity contribution >= 4 is 11.9 Å². The molecule has 2 heterocycles. The molecule has 1 aromatic heterocycles. The number of hydrogen-bond donors (Lipinski definition) is 1. The third-order valence-electron chi connectivity index (χ3n) is 3.21. The highest BCUT2D eigenvalue weighted by molar-refractivity contribution is 5.80. The number of nitrogens with zero attached hydrogens (tertiary/aromatic N) is 2. The normalized spacial score (nSPS) is 20.1. The fourth-order valence-electron chi connectivity index (χ4n) is 2.29. The molecule has 0 radical (unpaired) electrons. The smallest absolute Gasteiger partial charge is 0.305 e. The maximum atomic E-state index is 12.0. The molecule has 1 amide bonds. The Hall–Kier alpha value is -2.35. The molecular weight excluding hydrogens is 244 g/mol. The lowest BCUT2D eigenvalue weighted by Gasteiger charge is -2.26. The lowest BCUT2D eigenvalue weighted by molar-refractivity contribution is -0.139. The van der Waals surface area contributed by atoms with Crippen molar-refractivity contribution in [3.63, 3.8) is 0 Å². The first kappa shape index (κ1) is 13.1. The Bertz CT molecular complexity index is 521. The van der Waals surface area contributed by atoms with Gasteiger partial charge in [0.25, 0.3) is 0 Å². The second-order valence-electron chi connectivity index (χ2n) is 4.51. The number of carboxylic acid groups (broad SMARTS) is 1. The number of aromatic nitrogens is 1. The number of carbonyl (C=O) groups is 2. The van der Waals surface area contributed by atoms with Crippen molar-refractivity contribution in [3.8, 4) is 12.3 Å². The molecule has 2 rings (SSSR count). The summed E-state index contributed by atoms with van der Waals surface area (Å²) in [7, 11) is 0. The Kier molecular flexibility index (Phi) is 3.81. The molecule has 98 valence electrons. The van der Waals surface area contributed by atoms with E-state index in [0.717, 1.165) is 5.56 Å². The summed E-state index contributed by atoms with van der Waals surface area (Å²) >= 11 is 0. The van der Waals surface area contributed by atoms with Crippen LogP contribution in [0.1, 0.15) is 24.4 Å². The van der Waals surface area contributed by atoms with E-state index in [0.29, 0.717) is 6.54 Å². The summed E-state index contributed by atoms with van der Waals surface area (Å²) in [6.45, 7) is 0.405. The van der Waals surface area contributed by atoms with Gasteiger partial charge in [0.15, 0.2) is 0 Å². The SMILES string of the molecule is C#CC1CC(=O)N(C(CC(=O)O)c2cccnc2)C1. The lowest BCUT2D eigenvalue weighted by atomic mass is 10.0. The number of amides is 1. The van der Waals surface area contributed by atoms with E-state index in [1.165, 1.54) is 0 Å². The van der Waals surface area contributed by atoms with Crippen LogP contribution in [0.4, 0.5) is 0 Å². The van der Waals surface area contributed by atoms with Crippen LogP contribution in [-0.4, -0.2) is 33.4 Å². The van der Waals surface area contributed by atoms with E-state index < -0.39 is 12.0 Å². The first-order valence-corrected chi connectivity index (χ1v) is 5.99. The number of pyridine rings is 1. The summed E-state index contributed by atoms with van der Waals surface area (Å²) in [5, 5.41) is 9.02. The van der Waals surface area contributed by atoms with E-state index in [-0.39, 0.29) is 24.7 Å². The molecule has 0 spiro atoms. The molecular formula is C14H14N2O3. The van der Waals surface area contributed by atoms with Gasteiger partial charge in [-0.15, -0.1) is 12.3 Å². The zero-order valence-electron chi connectivity index (χ0n) is 10.3. The Morgan fingerprint density at radius 3 is 3.00 bits per heavy atom. The standard InChI is InChI=1S/C14H14N2O3/c1-2-10-6-13(17)16(9-10)12(7-14(18)19)11-4-3-5-15-8-11/h1,3-5,8,10,12H,6-7,9H2,(H,18,19). The zero-order valence-corrected chi connectivity index (χ0v) is 10.3. The molecule has 0 bridgehead atoms. The molecule has 1 saturated heterocycles. The average molecular weight is 258 g/mol. The molecule has 5 nitrogen and oxygen atoms in total. The zero-order chi connectivity index (χ0) is 13.8. The van der Waals surface area contributed by atoms with Crippen LogP contribution in [0.25, 0.3) is 0 Å². The predicted octanol–water partition coefficient (Wildman–Crippen LogP) is 1.08. The molecule has 1 aliphatic heterocycles. The first-order valence-electron chi connectivity index (χ1n) is 5.99. The van der Waals surface area contributed by atoms with Gasteiger partial charge >= 0.3 is 5.97 Å². The summed E-state index contributed by atoms with van der Waals surface area (Å²) in [4.78, 5) is 28.5. The van der Waals surface area contributed by atoms with Crippen molar-refractivity contribution in [2.45, 2.75) is 18.9 Å². The van der Waals surface area contributed by atoms with Gasteiger partial charge < -0.3 is 10.0 Å². The lowest BCUT2D eigenvalue weighted by Crippen LogP contribution is -2.32. The molecule has 2 unspecified atom stereocenters. The van der Waals surface area contributed by atoms with E-state index in [9.17, 15) is 9.59 Å². The van der Waals surface area contributed by atoms with E-state index in [2.05, 4.69) is 10.9 Å². The number of carboxylic acids is 1. The molecule has 19 heavy (non-hydrogen) atoms. The third kappa shape index (κ3) is 2.91. The second-order valence-corrected chi connectivity index (χ2v) is 4.51. The average Bonchev–Trinajstić information content (AvgIpc) is 2.78. The van der Waals surface area contributed by atoms with E-state index in [1.54, 1.807) is 29.4 Å². The summed E-state index contributed by atoms with van der Waals surface area (Å²) in [6.07, 6.45) is 8.68. The summed E-state index contributed by atoms with van der Waals surface area (Å²) < 4.78 is 0. The van der Waals surface area contributed by atoms with Crippen molar-refractivity contribution in [1.82, 2.24) is 9.88 Å². The quantitative estimate of drug-likeness (QED) is 0.820. The van der Waals surface area contributed by atoms with Gasteiger partial charge in [-0.1, -0.05) is 6.07 Å². The largest absolute Gasteiger partial charge is 0.481 e. The molecule has 1 aromatic rings. The fourth-order valence-corrected chi connectivity index (χ4v) is 2.29. The van der Waals surface area contributed by atoms with Crippen LogP contribution >= 0.6 is 0 Å². The predicted molar refractivity (Wildman–Crippen MR) is 67.9 cm³/mol. The van der Waals surface area contributed by atoms with Gasteiger partial charge in [-0.25, -0.2) is 0 Å². The van der Waals surface area contributed by atoms with Crippen LogP contribution in [0, 0.1) is 18.3 Å². The van der Waals surface area contributed by atoms with Crippen LogP contribution in [0.3, 0.4) is 0 Å². The first-order chi connectivity index (χ1) is 9.11. The van der Waals surface area contributed by atoms with Crippen LogP contribution < -0.4 is 0 Å². The van der Waals surface area contributed by atoms with Gasteiger partial charge in [-0.2, -0.15) is 0 Å². The van der Waals surface area contributed by atoms with Crippen LogP contribution in [0.2, 0.25) is 0 Å². The number of aliphatic carboxylic acids is 1. The molecule has 0 aromatic carbocycles. The number of terminal acetylenes is 1. The molecule has 0 aliphatic carbocycles. The molecule has 5 heteroatoms. The van der Waals surface area contributed by atoms with Crippen molar-refractivity contribution in [2.75, 3.05) is 6.54 Å². The Morgan fingerprint density at radius 1 is 1.68 bits per heavy atom.